The summed E-state index contributed by atoms with van der Waals surface area (Å²) in [6.07, 6.45) is 1.64. The lowest BCUT2D eigenvalue weighted by molar-refractivity contribution is -0.0180. The zero-order valence-corrected chi connectivity index (χ0v) is 10.9. The predicted octanol–water partition coefficient (Wildman–Crippen LogP) is -1.10. The Kier molecular flexibility index (Phi) is 4.83. The Hall–Kier alpha value is -1.51. The quantitative estimate of drug-likeness (QED) is 0.633. The molecule has 2 rings (SSSR count). The van der Waals surface area contributed by atoms with Crippen molar-refractivity contribution in [3.8, 4) is 0 Å². The summed E-state index contributed by atoms with van der Waals surface area (Å²) in [6.45, 7) is 4.75. The molecule has 1 aliphatic rings. The highest BCUT2D eigenvalue weighted by atomic mass is 16.5. The molecule has 1 fully saturated rings. The summed E-state index contributed by atoms with van der Waals surface area (Å²) < 4.78 is 7.14. The minimum Gasteiger partial charge on any atom is -0.476 e. The van der Waals surface area contributed by atoms with Crippen molar-refractivity contribution in [2.24, 2.45) is 0 Å². The van der Waals surface area contributed by atoms with Crippen molar-refractivity contribution in [2.45, 2.75) is 12.6 Å². The van der Waals surface area contributed by atoms with Gasteiger partial charge in [0.2, 0.25) is 0 Å². The number of morpholine rings is 1. The molecule has 8 heteroatoms. The van der Waals surface area contributed by atoms with Crippen molar-refractivity contribution in [1.82, 2.24) is 25.2 Å². The van der Waals surface area contributed by atoms with Crippen LogP contribution in [0.5, 0.6) is 0 Å². The van der Waals surface area contributed by atoms with Crippen LogP contribution in [-0.2, 0) is 11.3 Å². The topological polar surface area (TPSA) is 92.5 Å². The van der Waals surface area contributed by atoms with Crippen LogP contribution in [-0.4, -0.2) is 76.9 Å². The number of likely N-dealkylation sites (N-methyl/N-ethyl adjacent to an activating group) is 1. The first-order valence-corrected chi connectivity index (χ1v) is 6.29. The number of nitrogens with zero attached hydrogens (tertiary/aromatic N) is 4. The first kappa shape index (κ1) is 13.9. The summed E-state index contributed by atoms with van der Waals surface area (Å²) in [5.41, 5.74) is -0.0303. The van der Waals surface area contributed by atoms with E-state index in [1.165, 1.54) is 10.9 Å². The van der Waals surface area contributed by atoms with Gasteiger partial charge < -0.3 is 20.1 Å². The van der Waals surface area contributed by atoms with Crippen LogP contribution in [0.15, 0.2) is 6.20 Å². The van der Waals surface area contributed by atoms with Crippen molar-refractivity contribution in [3.05, 3.63) is 11.9 Å². The number of aromatic nitrogens is 3. The molecule has 1 aromatic heterocycles. The number of hydrogen-bond acceptors (Lipinski definition) is 6. The highest BCUT2D eigenvalue weighted by Gasteiger charge is 2.16. The van der Waals surface area contributed by atoms with Crippen LogP contribution >= 0.6 is 0 Å². The average Bonchev–Trinajstić information content (AvgIpc) is 2.84. The molecule has 19 heavy (non-hydrogen) atoms. The molecule has 0 radical (unpaired) electrons. The van der Waals surface area contributed by atoms with Gasteiger partial charge in [-0.05, 0) is 7.05 Å². The van der Waals surface area contributed by atoms with Gasteiger partial charge in [-0.2, -0.15) is 0 Å². The standard InChI is InChI=1S/C11H19N5O3/c1-15-4-5-19-9(7-15)6-12-2-3-16-8-10(11(17)18)13-14-16/h8-9,12H,2-7H2,1H3,(H,17,18). The molecule has 2 heterocycles. The van der Waals surface area contributed by atoms with Gasteiger partial charge in [0.15, 0.2) is 5.69 Å². The van der Waals surface area contributed by atoms with Crippen molar-refractivity contribution in [3.63, 3.8) is 0 Å². The van der Waals surface area contributed by atoms with E-state index in [9.17, 15) is 4.79 Å². The number of carboxylic acid groups (broad SMARTS) is 1. The van der Waals surface area contributed by atoms with Gasteiger partial charge in [0.1, 0.15) is 0 Å². The van der Waals surface area contributed by atoms with E-state index in [0.717, 1.165) is 26.2 Å². The normalized spacial score (nSPS) is 20.6. The van der Waals surface area contributed by atoms with E-state index in [1.54, 1.807) is 0 Å². The number of carbonyl (C=O) groups is 1. The Morgan fingerprint density at radius 3 is 3.21 bits per heavy atom. The largest absolute Gasteiger partial charge is 0.476 e. The van der Waals surface area contributed by atoms with Crippen molar-refractivity contribution in [1.29, 1.82) is 0 Å². The molecule has 0 aromatic carbocycles. The van der Waals surface area contributed by atoms with Crippen LogP contribution < -0.4 is 5.32 Å². The molecule has 106 valence electrons. The Balaban J connectivity index is 1.64. The van der Waals surface area contributed by atoms with Crippen molar-refractivity contribution < 1.29 is 14.6 Å². The molecule has 0 saturated carbocycles. The summed E-state index contributed by atoms with van der Waals surface area (Å²) in [6, 6.07) is 0. The van der Waals surface area contributed by atoms with Gasteiger partial charge in [-0.3, -0.25) is 4.68 Å². The number of ether oxygens (including phenoxy) is 1. The first-order chi connectivity index (χ1) is 9.15. The van der Waals surface area contributed by atoms with Crippen LogP contribution in [0.4, 0.5) is 0 Å². The highest BCUT2D eigenvalue weighted by molar-refractivity contribution is 5.84. The van der Waals surface area contributed by atoms with Gasteiger partial charge >= 0.3 is 5.97 Å². The van der Waals surface area contributed by atoms with E-state index < -0.39 is 5.97 Å². The second-order valence-electron chi connectivity index (χ2n) is 4.63. The molecule has 1 aliphatic heterocycles. The Morgan fingerprint density at radius 1 is 1.68 bits per heavy atom. The molecule has 8 nitrogen and oxygen atoms in total. The molecule has 1 unspecified atom stereocenters. The molecule has 0 spiro atoms. The van der Waals surface area contributed by atoms with Crippen LogP contribution in [0.25, 0.3) is 0 Å². The van der Waals surface area contributed by atoms with Gasteiger partial charge in [-0.25, -0.2) is 4.79 Å². The molecule has 1 aromatic rings. The van der Waals surface area contributed by atoms with E-state index >= 15 is 0 Å². The van der Waals surface area contributed by atoms with Gasteiger partial charge in [0, 0.05) is 26.2 Å². The molecule has 0 bridgehead atoms. The van der Waals surface area contributed by atoms with E-state index in [2.05, 4.69) is 27.6 Å². The molecular formula is C11H19N5O3. The molecule has 0 aliphatic carbocycles. The monoisotopic (exact) mass is 269 g/mol. The maximum atomic E-state index is 10.6. The third-order valence-corrected chi connectivity index (χ3v) is 2.99. The number of rotatable bonds is 6. The summed E-state index contributed by atoms with van der Waals surface area (Å²) >= 11 is 0. The Bertz CT molecular complexity index is 422. The Labute approximate surface area is 111 Å². The highest BCUT2D eigenvalue weighted by Crippen LogP contribution is 2.01. The van der Waals surface area contributed by atoms with E-state index in [-0.39, 0.29) is 11.8 Å². The number of aromatic carboxylic acids is 1. The van der Waals surface area contributed by atoms with Gasteiger partial charge in [0.25, 0.3) is 0 Å². The summed E-state index contributed by atoms with van der Waals surface area (Å²) in [5, 5.41) is 19.3. The van der Waals surface area contributed by atoms with Crippen molar-refractivity contribution >= 4 is 5.97 Å². The molecular weight excluding hydrogens is 250 g/mol. The maximum absolute atomic E-state index is 10.6. The second-order valence-corrected chi connectivity index (χ2v) is 4.63. The molecule has 2 N–H and O–H groups in total. The van der Waals surface area contributed by atoms with Crippen LogP contribution in [0, 0.1) is 0 Å². The first-order valence-electron chi connectivity index (χ1n) is 6.29. The number of hydrogen-bond donors (Lipinski definition) is 2. The van der Waals surface area contributed by atoms with Gasteiger partial charge in [-0.1, -0.05) is 5.21 Å². The lowest BCUT2D eigenvalue weighted by atomic mass is 10.3. The van der Waals surface area contributed by atoms with E-state index in [1.807, 2.05) is 0 Å². The van der Waals surface area contributed by atoms with E-state index in [0.29, 0.717) is 13.1 Å². The lowest BCUT2D eigenvalue weighted by Gasteiger charge is -2.30. The minimum absolute atomic E-state index is 0.0303. The fourth-order valence-electron chi connectivity index (χ4n) is 1.95. The number of nitrogens with one attached hydrogen (secondary N) is 1. The van der Waals surface area contributed by atoms with Gasteiger partial charge in [-0.15, -0.1) is 5.10 Å². The van der Waals surface area contributed by atoms with Crippen molar-refractivity contribution in [2.75, 3.05) is 39.8 Å². The molecule has 1 saturated heterocycles. The fraction of sp³-hybridized carbons (Fsp3) is 0.727. The molecule has 1 atom stereocenters. The molecule has 0 amide bonds. The summed E-state index contributed by atoms with van der Waals surface area (Å²) in [7, 11) is 2.08. The Morgan fingerprint density at radius 2 is 2.53 bits per heavy atom. The maximum Gasteiger partial charge on any atom is 0.358 e. The third kappa shape index (κ3) is 4.27. The predicted molar refractivity (Wildman–Crippen MR) is 67.1 cm³/mol. The smallest absolute Gasteiger partial charge is 0.358 e. The van der Waals surface area contributed by atoms with Crippen LogP contribution in [0.1, 0.15) is 10.5 Å². The third-order valence-electron chi connectivity index (χ3n) is 2.99. The van der Waals surface area contributed by atoms with Crippen LogP contribution in [0.2, 0.25) is 0 Å². The number of carboxylic acids is 1. The van der Waals surface area contributed by atoms with Crippen LogP contribution in [0.3, 0.4) is 0 Å². The zero-order valence-electron chi connectivity index (χ0n) is 10.9. The van der Waals surface area contributed by atoms with Gasteiger partial charge in [0.05, 0.1) is 25.5 Å². The minimum atomic E-state index is -1.06. The summed E-state index contributed by atoms with van der Waals surface area (Å²) in [4.78, 5) is 12.9. The average molecular weight is 269 g/mol. The fourth-order valence-corrected chi connectivity index (χ4v) is 1.95. The zero-order chi connectivity index (χ0) is 13.7. The summed E-state index contributed by atoms with van der Waals surface area (Å²) in [5.74, 6) is -1.06. The second kappa shape index (κ2) is 6.60. The lowest BCUT2D eigenvalue weighted by Crippen LogP contribution is -2.45. The SMILES string of the molecule is CN1CCOC(CNCCn2cc(C(=O)O)nn2)C1. The van der Waals surface area contributed by atoms with E-state index in [4.69, 9.17) is 9.84 Å².